The Balaban J connectivity index is 2.40. The molecule has 0 unspecified atom stereocenters. The number of benzene rings is 1. The average molecular weight is 227 g/mol. The summed E-state index contributed by atoms with van der Waals surface area (Å²) in [5.74, 6) is 0.282. The van der Waals surface area contributed by atoms with Crippen molar-refractivity contribution in [2.24, 2.45) is 7.05 Å². The summed E-state index contributed by atoms with van der Waals surface area (Å²) in [6, 6.07) is 9.78. The zero-order chi connectivity index (χ0) is 12.3. The molecule has 1 N–H and O–H groups in total. The van der Waals surface area contributed by atoms with Crippen LogP contribution in [0.3, 0.4) is 0 Å². The maximum absolute atomic E-state index is 11.3. The molecule has 2 aromatic rings. The largest absolute Gasteiger partial charge is 0.305 e. The van der Waals surface area contributed by atoms with Crippen LogP contribution >= 0.6 is 0 Å². The van der Waals surface area contributed by atoms with Crippen molar-refractivity contribution >= 4 is 11.7 Å². The Labute approximate surface area is 99.6 Å². The lowest BCUT2D eigenvalue weighted by atomic mass is 10.1. The summed E-state index contributed by atoms with van der Waals surface area (Å²) < 4.78 is 1.67. The van der Waals surface area contributed by atoms with E-state index in [0.717, 1.165) is 11.1 Å². The van der Waals surface area contributed by atoms with Gasteiger partial charge < -0.3 is 5.32 Å². The zero-order valence-corrected chi connectivity index (χ0v) is 9.55. The van der Waals surface area contributed by atoms with Crippen LogP contribution < -0.4 is 5.32 Å². The van der Waals surface area contributed by atoms with Crippen LogP contribution in [-0.4, -0.2) is 15.7 Å². The van der Waals surface area contributed by atoms with Crippen molar-refractivity contribution in [3.63, 3.8) is 0 Å². The second kappa shape index (κ2) is 4.65. The number of aromatic nitrogens is 2. The molecule has 0 atom stereocenters. The van der Waals surface area contributed by atoms with Crippen LogP contribution in [-0.2, 0) is 11.8 Å². The van der Waals surface area contributed by atoms with Crippen LogP contribution in [0.5, 0.6) is 0 Å². The number of hydrogen-bond donors (Lipinski definition) is 1. The Morgan fingerprint density at radius 2 is 2.12 bits per heavy atom. The van der Waals surface area contributed by atoms with Crippen LogP contribution in [0.15, 0.2) is 49.2 Å². The van der Waals surface area contributed by atoms with Crippen molar-refractivity contribution in [2.75, 3.05) is 5.32 Å². The van der Waals surface area contributed by atoms with E-state index >= 15 is 0 Å². The molecule has 0 saturated heterocycles. The summed E-state index contributed by atoms with van der Waals surface area (Å²) in [7, 11) is 1.82. The molecule has 1 heterocycles. The van der Waals surface area contributed by atoms with Gasteiger partial charge in [0.1, 0.15) is 0 Å². The number of nitrogens with one attached hydrogen (secondary N) is 1. The van der Waals surface area contributed by atoms with Crippen LogP contribution in [0, 0.1) is 0 Å². The van der Waals surface area contributed by atoms with E-state index in [1.165, 1.54) is 6.08 Å². The van der Waals surface area contributed by atoms with Gasteiger partial charge in [0.15, 0.2) is 5.82 Å². The molecule has 0 aliphatic carbocycles. The minimum atomic E-state index is -0.263. The molecule has 1 aromatic carbocycles. The van der Waals surface area contributed by atoms with E-state index in [4.69, 9.17) is 0 Å². The number of carbonyl (C=O) groups is 1. The standard InChI is InChI=1S/C13H13N3O/c1-3-12(17)14-13-11(9-16(2)15-13)10-7-5-4-6-8-10/h3-9H,1H2,2H3,(H,14,15,17). The highest BCUT2D eigenvalue weighted by Crippen LogP contribution is 2.26. The number of carbonyl (C=O) groups excluding carboxylic acids is 1. The van der Waals surface area contributed by atoms with Gasteiger partial charge in [-0.25, -0.2) is 0 Å². The average Bonchev–Trinajstić information content (AvgIpc) is 2.71. The second-order valence-electron chi connectivity index (χ2n) is 3.62. The van der Waals surface area contributed by atoms with E-state index in [-0.39, 0.29) is 5.91 Å². The molecule has 17 heavy (non-hydrogen) atoms. The van der Waals surface area contributed by atoms with Gasteiger partial charge in [-0.05, 0) is 11.6 Å². The summed E-state index contributed by atoms with van der Waals surface area (Å²) in [5.41, 5.74) is 1.91. The summed E-state index contributed by atoms with van der Waals surface area (Å²) in [6.07, 6.45) is 3.09. The van der Waals surface area contributed by atoms with Crippen LogP contribution in [0.25, 0.3) is 11.1 Å². The molecule has 2 rings (SSSR count). The Hall–Kier alpha value is -2.36. The predicted molar refractivity (Wildman–Crippen MR) is 67.5 cm³/mol. The number of hydrogen-bond acceptors (Lipinski definition) is 2. The molecule has 0 saturated carbocycles. The lowest BCUT2D eigenvalue weighted by Crippen LogP contribution is -2.08. The molecule has 0 aliphatic heterocycles. The first-order valence-electron chi connectivity index (χ1n) is 5.23. The number of amides is 1. The monoisotopic (exact) mass is 227 g/mol. The fourth-order valence-corrected chi connectivity index (χ4v) is 1.58. The van der Waals surface area contributed by atoms with Gasteiger partial charge in [-0.1, -0.05) is 36.9 Å². The Bertz CT molecular complexity index is 543. The van der Waals surface area contributed by atoms with Crippen molar-refractivity contribution in [3.05, 3.63) is 49.2 Å². The van der Waals surface area contributed by atoms with E-state index in [0.29, 0.717) is 5.82 Å². The molecule has 4 nitrogen and oxygen atoms in total. The fourth-order valence-electron chi connectivity index (χ4n) is 1.58. The van der Waals surface area contributed by atoms with Gasteiger partial charge in [0.05, 0.1) is 0 Å². The molecule has 0 aliphatic rings. The van der Waals surface area contributed by atoms with Crippen LogP contribution in [0.2, 0.25) is 0 Å². The highest BCUT2D eigenvalue weighted by molar-refractivity contribution is 6.00. The Morgan fingerprint density at radius 1 is 1.41 bits per heavy atom. The minimum absolute atomic E-state index is 0.263. The smallest absolute Gasteiger partial charge is 0.248 e. The van der Waals surface area contributed by atoms with Gasteiger partial charge in [0.2, 0.25) is 5.91 Å². The van der Waals surface area contributed by atoms with Crippen molar-refractivity contribution in [3.8, 4) is 11.1 Å². The third-order valence-corrected chi connectivity index (χ3v) is 2.34. The second-order valence-corrected chi connectivity index (χ2v) is 3.62. The molecule has 0 bridgehead atoms. The lowest BCUT2D eigenvalue weighted by molar-refractivity contribution is -0.111. The van der Waals surface area contributed by atoms with Crippen molar-refractivity contribution in [2.45, 2.75) is 0 Å². The van der Waals surface area contributed by atoms with E-state index in [1.54, 1.807) is 4.68 Å². The molecule has 0 fully saturated rings. The van der Waals surface area contributed by atoms with Gasteiger partial charge in [-0.2, -0.15) is 5.10 Å². The SMILES string of the molecule is C=CC(=O)Nc1nn(C)cc1-c1ccccc1. The molecule has 0 radical (unpaired) electrons. The van der Waals surface area contributed by atoms with E-state index in [2.05, 4.69) is 17.0 Å². The van der Waals surface area contributed by atoms with Gasteiger partial charge in [0.25, 0.3) is 0 Å². The first kappa shape index (κ1) is 11.1. The molecular weight excluding hydrogens is 214 g/mol. The van der Waals surface area contributed by atoms with Crippen molar-refractivity contribution in [1.82, 2.24) is 9.78 Å². The quantitative estimate of drug-likeness (QED) is 0.817. The maximum atomic E-state index is 11.3. The third-order valence-electron chi connectivity index (χ3n) is 2.34. The first-order chi connectivity index (χ1) is 8.20. The number of aryl methyl sites for hydroxylation is 1. The highest BCUT2D eigenvalue weighted by Gasteiger charge is 2.10. The lowest BCUT2D eigenvalue weighted by Gasteiger charge is -2.02. The predicted octanol–water partition coefficient (Wildman–Crippen LogP) is 2.21. The molecule has 1 aromatic heterocycles. The summed E-state index contributed by atoms with van der Waals surface area (Å²) in [4.78, 5) is 11.3. The maximum Gasteiger partial charge on any atom is 0.248 e. The fraction of sp³-hybridized carbons (Fsp3) is 0.0769. The Morgan fingerprint density at radius 3 is 2.76 bits per heavy atom. The van der Waals surface area contributed by atoms with Gasteiger partial charge in [0, 0.05) is 18.8 Å². The summed E-state index contributed by atoms with van der Waals surface area (Å²) >= 11 is 0. The third kappa shape index (κ3) is 2.42. The van der Waals surface area contributed by atoms with Gasteiger partial charge >= 0.3 is 0 Å². The molecular formula is C13H13N3O. The highest BCUT2D eigenvalue weighted by atomic mass is 16.1. The van der Waals surface area contributed by atoms with E-state index in [9.17, 15) is 4.79 Å². The normalized spacial score (nSPS) is 9.94. The van der Waals surface area contributed by atoms with Crippen LogP contribution in [0.1, 0.15) is 0 Å². The number of nitrogens with zero attached hydrogens (tertiary/aromatic N) is 2. The van der Waals surface area contributed by atoms with Gasteiger partial charge in [-0.3, -0.25) is 9.48 Å². The number of rotatable bonds is 3. The Kier molecular flexibility index (Phi) is 3.05. The molecule has 86 valence electrons. The zero-order valence-electron chi connectivity index (χ0n) is 9.55. The van der Waals surface area contributed by atoms with Crippen LogP contribution in [0.4, 0.5) is 5.82 Å². The molecule has 0 spiro atoms. The molecule has 1 amide bonds. The molecule has 4 heteroatoms. The summed E-state index contributed by atoms with van der Waals surface area (Å²) in [6.45, 7) is 3.42. The number of anilines is 1. The van der Waals surface area contributed by atoms with Crippen molar-refractivity contribution < 1.29 is 4.79 Å². The van der Waals surface area contributed by atoms with E-state index < -0.39 is 0 Å². The minimum Gasteiger partial charge on any atom is -0.305 e. The summed E-state index contributed by atoms with van der Waals surface area (Å²) in [5, 5.41) is 6.90. The van der Waals surface area contributed by atoms with Crippen molar-refractivity contribution in [1.29, 1.82) is 0 Å². The first-order valence-corrected chi connectivity index (χ1v) is 5.23. The topological polar surface area (TPSA) is 46.9 Å². The van der Waals surface area contributed by atoms with Gasteiger partial charge in [-0.15, -0.1) is 0 Å². The van der Waals surface area contributed by atoms with E-state index in [1.807, 2.05) is 43.6 Å².